The van der Waals surface area contributed by atoms with E-state index in [1.807, 2.05) is 12.1 Å². The number of esters is 1. The molecule has 0 unspecified atom stereocenters. The number of nitrogens with one attached hydrogen (secondary N) is 1. The zero-order chi connectivity index (χ0) is 21.2. The number of rotatable bonds is 10. The van der Waals surface area contributed by atoms with Crippen LogP contribution in [0.1, 0.15) is 15.9 Å². The second-order valence-electron chi connectivity index (χ2n) is 5.77. The van der Waals surface area contributed by atoms with Crippen LogP contribution in [-0.4, -0.2) is 45.0 Å². The van der Waals surface area contributed by atoms with Gasteiger partial charge in [-0.25, -0.2) is 4.79 Å². The highest BCUT2D eigenvalue weighted by Gasteiger charge is 2.12. The molecule has 1 N–H and O–H groups in total. The first-order valence-corrected chi connectivity index (χ1v) is 9.50. The molecule has 156 valence electrons. The zero-order valence-electron chi connectivity index (χ0n) is 15.9. The minimum absolute atomic E-state index is 0.182. The fraction of sp³-hybridized carbons (Fsp3) is 0.300. The third kappa shape index (κ3) is 7.26. The third-order valence-corrected chi connectivity index (χ3v) is 4.56. The van der Waals surface area contributed by atoms with Gasteiger partial charge >= 0.3 is 5.97 Å². The predicted molar refractivity (Wildman–Crippen MR) is 105 cm³/mol. The molecule has 0 aliphatic rings. The number of benzene rings is 2. The Morgan fingerprint density at radius 3 is 2.34 bits per heavy atom. The van der Waals surface area contributed by atoms with Crippen molar-refractivity contribution in [2.24, 2.45) is 0 Å². The van der Waals surface area contributed by atoms with E-state index in [9.17, 15) is 18.4 Å². The van der Waals surface area contributed by atoms with Crippen LogP contribution >= 0.6 is 11.8 Å². The predicted octanol–water partition coefficient (Wildman–Crippen LogP) is 3.53. The first-order valence-electron chi connectivity index (χ1n) is 8.62. The van der Waals surface area contributed by atoms with E-state index < -0.39 is 24.2 Å². The van der Waals surface area contributed by atoms with Gasteiger partial charge < -0.3 is 19.5 Å². The summed E-state index contributed by atoms with van der Waals surface area (Å²) in [4.78, 5) is 24.1. The molecule has 0 aliphatic carbocycles. The van der Waals surface area contributed by atoms with E-state index in [1.54, 1.807) is 20.3 Å². The van der Waals surface area contributed by atoms with Gasteiger partial charge in [-0.15, -0.1) is 0 Å². The van der Waals surface area contributed by atoms with Crippen molar-refractivity contribution in [3.63, 3.8) is 0 Å². The lowest BCUT2D eigenvalue weighted by Gasteiger charge is -2.10. The van der Waals surface area contributed by atoms with Crippen molar-refractivity contribution < 1.29 is 32.6 Å². The smallest absolute Gasteiger partial charge is 0.338 e. The van der Waals surface area contributed by atoms with Crippen LogP contribution in [-0.2, 0) is 16.0 Å². The summed E-state index contributed by atoms with van der Waals surface area (Å²) in [5.41, 5.74) is 1.13. The Hall–Kier alpha value is -2.81. The molecule has 0 heterocycles. The summed E-state index contributed by atoms with van der Waals surface area (Å²) < 4.78 is 39.9. The van der Waals surface area contributed by atoms with E-state index in [0.717, 1.165) is 5.56 Å². The van der Waals surface area contributed by atoms with E-state index in [-0.39, 0.29) is 5.56 Å². The van der Waals surface area contributed by atoms with Gasteiger partial charge in [0, 0.05) is 11.4 Å². The highest BCUT2D eigenvalue weighted by atomic mass is 32.2. The van der Waals surface area contributed by atoms with Crippen molar-refractivity contribution in [1.29, 1.82) is 0 Å². The molecular formula is C20H21F2NO5S. The van der Waals surface area contributed by atoms with Crippen LogP contribution in [0.25, 0.3) is 0 Å². The number of thioether (sulfide) groups is 1. The SMILES string of the molecule is COc1ccc(CCNC(=O)COC(=O)c2ccc(SC(F)F)cc2)cc1OC. The van der Waals surface area contributed by atoms with Crippen molar-refractivity contribution in [1.82, 2.24) is 5.32 Å². The molecule has 0 atom stereocenters. The van der Waals surface area contributed by atoms with Gasteiger partial charge in [-0.2, -0.15) is 8.78 Å². The van der Waals surface area contributed by atoms with Crippen LogP contribution in [0.15, 0.2) is 47.4 Å². The zero-order valence-corrected chi connectivity index (χ0v) is 16.8. The summed E-state index contributed by atoms with van der Waals surface area (Å²) in [6.07, 6.45) is 0.559. The molecule has 0 bridgehead atoms. The van der Waals surface area contributed by atoms with E-state index in [4.69, 9.17) is 14.2 Å². The molecule has 0 saturated carbocycles. The Balaban J connectivity index is 1.74. The Kier molecular flexibility index (Phi) is 8.72. The molecule has 6 nitrogen and oxygen atoms in total. The fourth-order valence-corrected chi connectivity index (χ4v) is 2.92. The number of methoxy groups -OCH3 is 2. The normalized spacial score (nSPS) is 10.5. The molecule has 0 saturated heterocycles. The van der Waals surface area contributed by atoms with Gasteiger partial charge in [0.25, 0.3) is 11.7 Å². The molecule has 0 aromatic heterocycles. The summed E-state index contributed by atoms with van der Waals surface area (Å²) in [6, 6.07) is 11.0. The summed E-state index contributed by atoms with van der Waals surface area (Å²) >= 11 is 0.384. The van der Waals surface area contributed by atoms with Crippen LogP contribution in [0.2, 0.25) is 0 Å². The monoisotopic (exact) mass is 425 g/mol. The van der Waals surface area contributed by atoms with Gasteiger partial charge in [0.15, 0.2) is 18.1 Å². The maximum absolute atomic E-state index is 12.3. The van der Waals surface area contributed by atoms with Gasteiger partial charge in [0.2, 0.25) is 0 Å². The Morgan fingerprint density at radius 1 is 1.03 bits per heavy atom. The highest BCUT2D eigenvalue weighted by molar-refractivity contribution is 7.99. The average Bonchev–Trinajstić information content (AvgIpc) is 2.72. The molecule has 0 aliphatic heterocycles. The van der Waals surface area contributed by atoms with Gasteiger partial charge in [-0.05, 0) is 48.4 Å². The van der Waals surface area contributed by atoms with Gasteiger partial charge in [-0.3, -0.25) is 4.79 Å². The number of halogens is 2. The average molecular weight is 425 g/mol. The third-order valence-electron chi connectivity index (χ3n) is 3.83. The van der Waals surface area contributed by atoms with Crippen LogP contribution in [0, 0.1) is 0 Å². The molecule has 2 rings (SSSR count). The first-order chi connectivity index (χ1) is 13.9. The summed E-state index contributed by atoms with van der Waals surface area (Å²) in [5, 5.41) is 2.66. The Bertz CT molecular complexity index is 830. The number of ether oxygens (including phenoxy) is 3. The van der Waals surface area contributed by atoms with Crippen LogP contribution in [0.5, 0.6) is 11.5 Å². The number of amides is 1. The van der Waals surface area contributed by atoms with Crippen molar-refractivity contribution >= 4 is 23.6 Å². The lowest BCUT2D eigenvalue weighted by atomic mass is 10.1. The number of carbonyl (C=O) groups is 2. The standard InChI is InChI=1S/C20H21F2NO5S/c1-26-16-8-3-13(11-17(16)27-2)9-10-23-18(24)12-28-19(25)14-4-6-15(7-5-14)29-20(21)22/h3-8,11,20H,9-10,12H2,1-2H3,(H,23,24). The molecule has 9 heteroatoms. The lowest BCUT2D eigenvalue weighted by Crippen LogP contribution is -2.30. The maximum atomic E-state index is 12.3. The lowest BCUT2D eigenvalue weighted by molar-refractivity contribution is -0.124. The number of hydrogen-bond donors (Lipinski definition) is 1. The van der Waals surface area contributed by atoms with Gasteiger partial charge in [0.1, 0.15) is 0 Å². The number of alkyl halides is 2. The minimum Gasteiger partial charge on any atom is -0.493 e. The highest BCUT2D eigenvalue weighted by Crippen LogP contribution is 2.27. The Labute approximate surface area is 171 Å². The first kappa shape index (κ1) is 22.5. The molecule has 29 heavy (non-hydrogen) atoms. The van der Waals surface area contributed by atoms with Crippen LogP contribution < -0.4 is 14.8 Å². The van der Waals surface area contributed by atoms with Crippen LogP contribution in [0.3, 0.4) is 0 Å². The molecule has 2 aromatic carbocycles. The molecule has 0 fully saturated rings. The van der Waals surface area contributed by atoms with Crippen molar-refractivity contribution in [3.05, 3.63) is 53.6 Å². The van der Waals surface area contributed by atoms with E-state index in [2.05, 4.69) is 5.32 Å². The van der Waals surface area contributed by atoms with E-state index in [1.165, 1.54) is 24.3 Å². The second-order valence-corrected chi connectivity index (χ2v) is 6.83. The fourth-order valence-electron chi connectivity index (χ4n) is 2.42. The number of carbonyl (C=O) groups excluding carboxylic acids is 2. The molecule has 2 aromatic rings. The minimum atomic E-state index is -2.53. The number of hydrogen-bond acceptors (Lipinski definition) is 6. The topological polar surface area (TPSA) is 73.9 Å². The Morgan fingerprint density at radius 2 is 1.72 bits per heavy atom. The second kappa shape index (κ2) is 11.3. The van der Waals surface area contributed by atoms with Gasteiger partial charge in [-0.1, -0.05) is 17.8 Å². The summed E-state index contributed by atoms with van der Waals surface area (Å²) in [5.74, 6) is -2.45. The molecular weight excluding hydrogens is 404 g/mol. The largest absolute Gasteiger partial charge is 0.493 e. The van der Waals surface area contributed by atoms with E-state index in [0.29, 0.717) is 41.1 Å². The molecule has 1 amide bonds. The van der Waals surface area contributed by atoms with Crippen LogP contribution in [0.4, 0.5) is 8.78 Å². The maximum Gasteiger partial charge on any atom is 0.338 e. The van der Waals surface area contributed by atoms with Crippen molar-refractivity contribution in [2.45, 2.75) is 17.1 Å². The summed E-state index contributed by atoms with van der Waals surface area (Å²) in [7, 11) is 3.10. The van der Waals surface area contributed by atoms with Gasteiger partial charge in [0.05, 0.1) is 19.8 Å². The van der Waals surface area contributed by atoms with Crippen molar-refractivity contribution in [2.75, 3.05) is 27.4 Å². The summed E-state index contributed by atoms with van der Waals surface area (Å²) in [6.45, 7) is -0.0796. The van der Waals surface area contributed by atoms with E-state index >= 15 is 0 Å². The molecule has 0 radical (unpaired) electrons. The van der Waals surface area contributed by atoms with Crippen molar-refractivity contribution in [3.8, 4) is 11.5 Å². The molecule has 0 spiro atoms. The quantitative estimate of drug-likeness (QED) is 0.464.